The number of thioether (sulfide) groups is 1. The first-order chi connectivity index (χ1) is 8.02. The Labute approximate surface area is 102 Å². The van der Waals surface area contributed by atoms with Crippen molar-refractivity contribution in [2.24, 2.45) is 0 Å². The van der Waals surface area contributed by atoms with Crippen LogP contribution in [0.3, 0.4) is 0 Å². The predicted octanol–water partition coefficient (Wildman–Crippen LogP) is 2.02. The number of aliphatic hydroxyl groups is 1. The summed E-state index contributed by atoms with van der Waals surface area (Å²) in [6, 6.07) is 3.16. The third-order valence-corrected chi connectivity index (χ3v) is 3.11. The molecule has 0 heterocycles. The standard InChI is InChI=1S/C11H13F2NO2S/c1-7(5-15)17-6-11(16)14-8-2-3-9(12)10(13)4-8/h2-4,7,15H,5-6H2,1H3,(H,14,16). The molecule has 0 fully saturated rings. The lowest BCUT2D eigenvalue weighted by molar-refractivity contribution is -0.113. The molecule has 17 heavy (non-hydrogen) atoms. The van der Waals surface area contributed by atoms with Crippen LogP contribution in [0.15, 0.2) is 18.2 Å². The van der Waals surface area contributed by atoms with E-state index in [2.05, 4.69) is 5.32 Å². The van der Waals surface area contributed by atoms with Crippen molar-refractivity contribution in [2.45, 2.75) is 12.2 Å². The number of carbonyl (C=O) groups excluding carboxylic acids is 1. The highest BCUT2D eigenvalue weighted by Crippen LogP contribution is 2.14. The summed E-state index contributed by atoms with van der Waals surface area (Å²) in [4.78, 5) is 11.4. The molecule has 0 saturated carbocycles. The average molecular weight is 261 g/mol. The lowest BCUT2D eigenvalue weighted by Crippen LogP contribution is -2.17. The summed E-state index contributed by atoms with van der Waals surface area (Å²) in [5.74, 6) is -2.12. The largest absolute Gasteiger partial charge is 0.395 e. The molecule has 0 bridgehead atoms. The molecule has 0 aromatic heterocycles. The fourth-order valence-electron chi connectivity index (χ4n) is 1.04. The van der Waals surface area contributed by atoms with Crippen LogP contribution >= 0.6 is 11.8 Å². The number of benzene rings is 1. The van der Waals surface area contributed by atoms with Crippen LogP contribution in [0.2, 0.25) is 0 Å². The molecule has 3 nitrogen and oxygen atoms in total. The van der Waals surface area contributed by atoms with E-state index in [4.69, 9.17) is 5.11 Å². The molecule has 1 unspecified atom stereocenters. The summed E-state index contributed by atoms with van der Waals surface area (Å²) < 4.78 is 25.4. The Morgan fingerprint density at radius 3 is 2.76 bits per heavy atom. The molecule has 0 aliphatic rings. The number of hydrogen-bond acceptors (Lipinski definition) is 3. The summed E-state index contributed by atoms with van der Waals surface area (Å²) in [6.45, 7) is 1.78. The molecule has 1 amide bonds. The van der Waals surface area contributed by atoms with E-state index >= 15 is 0 Å². The van der Waals surface area contributed by atoms with Gasteiger partial charge in [0, 0.05) is 17.0 Å². The molecule has 1 aromatic carbocycles. The molecule has 0 saturated heterocycles. The highest BCUT2D eigenvalue weighted by atomic mass is 32.2. The van der Waals surface area contributed by atoms with E-state index in [9.17, 15) is 13.6 Å². The van der Waals surface area contributed by atoms with Gasteiger partial charge >= 0.3 is 0 Å². The first kappa shape index (κ1) is 13.9. The van der Waals surface area contributed by atoms with E-state index in [0.717, 1.165) is 12.1 Å². The van der Waals surface area contributed by atoms with Gasteiger partial charge in [-0.15, -0.1) is 11.8 Å². The van der Waals surface area contributed by atoms with Crippen LogP contribution in [-0.2, 0) is 4.79 Å². The molecule has 2 N–H and O–H groups in total. The Balaban J connectivity index is 2.48. The van der Waals surface area contributed by atoms with Crippen molar-refractivity contribution in [1.29, 1.82) is 0 Å². The van der Waals surface area contributed by atoms with E-state index in [-0.39, 0.29) is 29.2 Å². The average Bonchev–Trinajstić information content (AvgIpc) is 2.31. The molecule has 94 valence electrons. The minimum Gasteiger partial charge on any atom is -0.395 e. The third kappa shape index (κ3) is 4.70. The molecule has 0 spiro atoms. The van der Waals surface area contributed by atoms with Gasteiger partial charge in [0.2, 0.25) is 5.91 Å². The van der Waals surface area contributed by atoms with Crippen molar-refractivity contribution in [1.82, 2.24) is 0 Å². The minimum absolute atomic E-state index is 0.0108. The SMILES string of the molecule is CC(CO)SCC(=O)Nc1ccc(F)c(F)c1. The molecular weight excluding hydrogens is 248 g/mol. The monoisotopic (exact) mass is 261 g/mol. The molecular formula is C11H13F2NO2S. The van der Waals surface area contributed by atoms with Crippen LogP contribution in [0.5, 0.6) is 0 Å². The molecule has 1 rings (SSSR count). The number of halogens is 2. The number of anilines is 1. The van der Waals surface area contributed by atoms with Crippen LogP contribution in [0.1, 0.15) is 6.92 Å². The Kier molecular flexibility index (Phi) is 5.37. The highest BCUT2D eigenvalue weighted by molar-refractivity contribution is 8.00. The minimum atomic E-state index is -1.00. The second-order valence-corrected chi connectivity index (χ2v) is 4.91. The molecule has 0 aliphatic heterocycles. The maximum atomic E-state index is 12.8. The number of aliphatic hydroxyl groups excluding tert-OH is 1. The Hall–Kier alpha value is -1.14. The number of carbonyl (C=O) groups is 1. The van der Waals surface area contributed by atoms with Gasteiger partial charge in [0.05, 0.1) is 12.4 Å². The Morgan fingerprint density at radius 2 is 2.18 bits per heavy atom. The summed E-state index contributed by atoms with van der Waals surface area (Å²) in [5.41, 5.74) is 0.214. The second kappa shape index (κ2) is 6.56. The highest BCUT2D eigenvalue weighted by Gasteiger charge is 2.08. The van der Waals surface area contributed by atoms with Gasteiger partial charge in [-0.3, -0.25) is 4.79 Å². The lowest BCUT2D eigenvalue weighted by Gasteiger charge is -2.08. The van der Waals surface area contributed by atoms with E-state index in [0.29, 0.717) is 0 Å². The van der Waals surface area contributed by atoms with Gasteiger partial charge < -0.3 is 10.4 Å². The fourth-order valence-corrected chi connectivity index (χ4v) is 1.66. The molecule has 1 atom stereocenters. The van der Waals surface area contributed by atoms with Gasteiger partial charge in [-0.05, 0) is 12.1 Å². The van der Waals surface area contributed by atoms with Crippen LogP contribution in [0, 0.1) is 11.6 Å². The third-order valence-electron chi connectivity index (χ3n) is 1.96. The molecule has 6 heteroatoms. The number of nitrogens with one attached hydrogen (secondary N) is 1. The van der Waals surface area contributed by atoms with Gasteiger partial charge in [-0.2, -0.15) is 0 Å². The maximum absolute atomic E-state index is 12.8. The Bertz CT molecular complexity index is 401. The van der Waals surface area contributed by atoms with E-state index < -0.39 is 11.6 Å². The summed E-state index contributed by atoms with van der Waals surface area (Å²) in [5, 5.41) is 11.2. The quantitative estimate of drug-likeness (QED) is 0.852. The van der Waals surface area contributed by atoms with Crippen molar-refractivity contribution >= 4 is 23.4 Å². The van der Waals surface area contributed by atoms with Crippen molar-refractivity contribution in [3.05, 3.63) is 29.8 Å². The lowest BCUT2D eigenvalue weighted by atomic mass is 10.3. The molecule has 1 aromatic rings. The number of rotatable bonds is 5. The van der Waals surface area contributed by atoms with E-state index in [1.54, 1.807) is 6.92 Å². The van der Waals surface area contributed by atoms with Crippen molar-refractivity contribution < 1.29 is 18.7 Å². The van der Waals surface area contributed by atoms with Crippen molar-refractivity contribution in [3.8, 4) is 0 Å². The molecule has 0 aliphatic carbocycles. The normalized spacial score (nSPS) is 12.2. The smallest absolute Gasteiger partial charge is 0.234 e. The van der Waals surface area contributed by atoms with Crippen LogP contribution in [0.25, 0.3) is 0 Å². The van der Waals surface area contributed by atoms with Crippen LogP contribution < -0.4 is 5.32 Å². The second-order valence-electron chi connectivity index (χ2n) is 3.48. The topological polar surface area (TPSA) is 49.3 Å². The first-order valence-electron chi connectivity index (χ1n) is 5.00. The van der Waals surface area contributed by atoms with E-state index in [1.165, 1.54) is 17.8 Å². The zero-order valence-corrected chi connectivity index (χ0v) is 10.1. The van der Waals surface area contributed by atoms with Gasteiger partial charge in [0.25, 0.3) is 0 Å². The molecule has 0 radical (unpaired) electrons. The predicted molar refractivity (Wildman–Crippen MR) is 64.0 cm³/mol. The van der Waals surface area contributed by atoms with Gasteiger partial charge in [0.1, 0.15) is 0 Å². The van der Waals surface area contributed by atoms with Crippen LogP contribution in [-0.4, -0.2) is 28.6 Å². The Morgan fingerprint density at radius 1 is 1.47 bits per heavy atom. The van der Waals surface area contributed by atoms with Gasteiger partial charge in [-0.1, -0.05) is 6.92 Å². The fraction of sp³-hybridized carbons (Fsp3) is 0.364. The van der Waals surface area contributed by atoms with Crippen LogP contribution in [0.4, 0.5) is 14.5 Å². The number of amides is 1. The zero-order valence-electron chi connectivity index (χ0n) is 9.24. The van der Waals surface area contributed by atoms with E-state index in [1.807, 2.05) is 0 Å². The summed E-state index contributed by atoms with van der Waals surface area (Å²) >= 11 is 1.28. The van der Waals surface area contributed by atoms with Gasteiger partial charge in [-0.25, -0.2) is 8.78 Å². The van der Waals surface area contributed by atoms with Crippen molar-refractivity contribution in [2.75, 3.05) is 17.7 Å². The van der Waals surface area contributed by atoms with Crippen molar-refractivity contribution in [3.63, 3.8) is 0 Å². The first-order valence-corrected chi connectivity index (χ1v) is 6.05. The summed E-state index contributed by atoms with van der Waals surface area (Å²) in [6.07, 6.45) is 0. The zero-order chi connectivity index (χ0) is 12.8. The van der Waals surface area contributed by atoms with Gasteiger partial charge in [0.15, 0.2) is 11.6 Å². The maximum Gasteiger partial charge on any atom is 0.234 e. The number of hydrogen-bond donors (Lipinski definition) is 2. The summed E-state index contributed by atoms with van der Waals surface area (Å²) in [7, 11) is 0.